The first-order valence-corrected chi connectivity index (χ1v) is 7.17. The number of carbonyl (C=O) groups excluding carboxylic acids is 2. The van der Waals surface area contributed by atoms with E-state index >= 15 is 0 Å². The van der Waals surface area contributed by atoms with Crippen LogP contribution < -0.4 is 5.73 Å². The molecule has 1 saturated carbocycles. The summed E-state index contributed by atoms with van der Waals surface area (Å²) < 4.78 is 4.91. The highest BCUT2D eigenvalue weighted by atomic mass is 32.1. The molecule has 1 aliphatic carbocycles. The van der Waals surface area contributed by atoms with Crippen molar-refractivity contribution in [1.82, 2.24) is 4.90 Å². The second kappa shape index (κ2) is 5.61. The van der Waals surface area contributed by atoms with Gasteiger partial charge in [0.15, 0.2) is 0 Å². The van der Waals surface area contributed by atoms with E-state index < -0.39 is 0 Å². The lowest BCUT2D eigenvalue weighted by Crippen LogP contribution is -2.37. The molecule has 19 heavy (non-hydrogen) atoms. The first-order valence-electron chi connectivity index (χ1n) is 6.35. The van der Waals surface area contributed by atoms with E-state index in [2.05, 4.69) is 0 Å². The van der Waals surface area contributed by atoms with Gasteiger partial charge in [-0.3, -0.25) is 9.59 Å². The predicted octanol–water partition coefficient (Wildman–Crippen LogP) is 1.81. The van der Waals surface area contributed by atoms with Gasteiger partial charge in [0.25, 0.3) is 5.91 Å². The van der Waals surface area contributed by atoms with Crippen molar-refractivity contribution in [2.75, 3.05) is 18.9 Å². The molecule has 0 saturated heterocycles. The standard InChI is InChI=1S/C13H18N2O3S/c1-3-18-12(16)7-15(9-4-5-9)13(17)11-6-10(14)8(2)19-11/h6,9H,3-5,7,14H2,1-2H3. The molecule has 1 aromatic rings. The molecule has 0 unspecified atom stereocenters. The van der Waals surface area contributed by atoms with E-state index in [1.807, 2.05) is 6.92 Å². The van der Waals surface area contributed by atoms with E-state index in [1.54, 1.807) is 17.9 Å². The van der Waals surface area contributed by atoms with Crippen LogP contribution in [0, 0.1) is 6.92 Å². The lowest BCUT2D eigenvalue weighted by molar-refractivity contribution is -0.143. The molecule has 1 heterocycles. The molecular weight excluding hydrogens is 264 g/mol. The van der Waals surface area contributed by atoms with Crippen LogP contribution in [0.5, 0.6) is 0 Å². The number of carbonyl (C=O) groups is 2. The topological polar surface area (TPSA) is 72.6 Å². The van der Waals surface area contributed by atoms with Crippen LogP contribution in [0.2, 0.25) is 0 Å². The maximum atomic E-state index is 12.4. The minimum absolute atomic E-state index is 0.0220. The van der Waals surface area contributed by atoms with Crippen LogP contribution in [0.3, 0.4) is 0 Å². The van der Waals surface area contributed by atoms with Gasteiger partial charge in [-0.2, -0.15) is 0 Å². The number of hydrogen-bond donors (Lipinski definition) is 1. The Balaban J connectivity index is 2.10. The molecule has 1 amide bonds. The van der Waals surface area contributed by atoms with Crippen molar-refractivity contribution in [2.24, 2.45) is 0 Å². The number of ether oxygens (including phenoxy) is 1. The minimum atomic E-state index is -0.357. The van der Waals surface area contributed by atoms with Gasteiger partial charge in [-0.15, -0.1) is 11.3 Å². The number of esters is 1. The van der Waals surface area contributed by atoms with Gasteiger partial charge in [-0.25, -0.2) is 0 Å². The Morgan fingerprint density at radius 2 is 2.21 bits per heavy atom. The van der Waals surface area contributed by atoms with Crippen LogP contribution in [0.15, 0.2) is 6.07 Å². The molecule has 0 spiro atoms. The Labute approximate surface area is 116 Å². The third kappa shape index (κ3) is 3.26. The van der Waals surface area contributed by atoms with Crippen LogP contribution in [-0.2, 0) is 9.53 Å². The summed E-state index contributed by atoms with van der Waals surface area (Å²) in [5.41, 5.74) is 6.39. The molecule has 2 N–H and O–H groups in total. The molecular formula is C13H18N2O3S. The minimum Gasteiger partial charge on any atom is -0.465 e. The zero-order chi connectivity index (χ0) is 14.0. The maximum absolute atomic E-state index is 12.4. The summed E-state index contributed by atoms with van der Waals surface area (Å²) in [5.74, 6) is -0.482. The SMILES string of the molecule is CCOC(=O)CN(C(=O)c1cc(N)c(C)s1)C1CC1. The molecule has 6 heteroatoms. The van der Waals surface area contributed by atoms with Crippen molar-refractivity contribution in [3.8, 4) is 0 Å². The van der Waals surface area contributed by atoms with Gasteiger partial charge in [0.2, 0.25) is 0 Å². The van der Waals surface area contributed by atoms with Crippen molar-refractivity contribution in [3.05, 3.63) is 15.8 Å². The van der Waals surface area contributed by atoms with Crippen LogP contribution in [0.4, 0.5) is 5.69 Å². The second-order valence-electron chi connectivity index (χ2n) is 4.59. The maximum Gasteiger partial charge on any atom is 0.325 e. The van der Waals surface area contributed by atoms with E-state index in [0.717, 1.165) is 17.7 Å². The second-order valence-corrected chi connectivity index (χ2v) is 5.85. The number of thiophene rings is 1. The Kier molecular flexibility index (Phi) is 4.09. The average molecular weight is 282 g/mol. The Bertz CT molecular complexity index is 475. The molecule has 5 nitrogen and oxygen atoms in total. The summed E-state index contributed by atoms with van der Waals surface area (Å²) in [6.45, 7) is 3.99. The van der Waals surface area contributed by atoms with Crippen molar-refractivity contribution in [2.45, 2.75) is 32.7 Å². The molecule has 104 valence electrons. The number of amides is 1. The van der Waals surface area contributed by atoms with E-state index in [0.29, 0.717) is 17.2 Å². The lowest BCUT2D eigenvalue weighted by Gasteiger charge is -2.20. The number of aryl methyl sites for hydroxylation is 1. The van der Waals surface area contributed by atoms with E-state index in [9.17, 15) is 9.59 Å². The highest BCUT2D eigenvalue weighted by Crippen LogP contribution is 2.31. The van der Waals surface area contributed by atoms with Gasteiger partial charge >= 0.3 is 5.97 Å². The van der Waals surface area contributed by atoms with Gasteiger partial charge in [0.05, 0.1) is 11.5 Å². The average Bonchev–Trinajstić information content (AvgIpc) is 3.13. The monoisotopic (exact) mass is 282 g/mol. The number of nitrogens with zero attached hydrogens (tertiary/aromatic N) is 1. The molecule has 0 aliphatic heterocycles. The highest BCUT2D eigenvalue weighted by Gasteiger charge is 2.35. The zero-order valence-electron chi connectivity index (χ0n) is 11.1. The number of hydrogen-bond acceptors (Lipinski definition) is 5. The first-order chi connectivity index (χ1) is 9.02. The lowest BCUT2D eigenvalue weighted by atomic mass is 10.3. The normalized spacial score (nSPS) is 14.2. The number of anilines is 1. The van der Waals surface area contributed by atoms with Gasteiger partial charge in [-0.1, -0.05) is 0 Å². The third-order valence-electron chi connectivity index (χ3n) is 3.02. The van der Waals surface area contributed by atoms with Crippen molar-refractivity contribution in [3.63, 3.8) is 0 Å². The summed E-state index contributed by atoms with van der Waals surface area (Å²) in [6.07, 6.45) is 1.90. The van der Waals surface area contributed by atoms with Gasteiger partial charge in [-0.05, 0) is 32.8 Å². The van der Waals surface area contributed by atoms with Gasteiger partial charge < -0.3 is 15.4 Å². The summed E-state index contributed by atoms with van der Waals surface area (Å²) in [4.78, 5) is 27.1. The van der Waals surface area contributed by atoms with Crippen molar-refractivity contribution in [1.29, 1.82) is 0 Å². The number of nitrogen functional groups attached to an aromatic ring is 1. The first kappa shape index (κ1) is 13.9. The van der Waals surface area contributed by atoms with Crippen LogP contribution in [0.25, 0.3) is 0 Å². The summed E-state index contributed by atoms with van der Waals surface area (Å²) >= 11 is 1.37. The molecule has 1 aliphatic rings. The smallest absolute Gasteiger partial charge is 0.325 e. The molecule has 0 atom stereocenters. The Hall–Kier alpha value is -1.56. The number of nitrogens with two attached hydrogens (primary N) is 1. The Morgan fingerprint density at radius 3 is 2.68 bits per heavy atom. The predicted molar refractivity (Wildman–Crippen MR) is 74.2 cm³/mol. The van der Waals surface area contributed by atoms with Crippen molar-refractivity contribution >= 4 is 28.9 Å². The molecule has 2 rings (SSSR count). The largest absolute Gasteiger partial charge is 0.465 e. The Morgan fingerprint density at radius 1 is 1.53 bits per heavy atom. The van der Waals surface area contributed by atoms with Gasteiger partial charge in [0, 0.05) is 16.6 Å². The fourth-order valence-corrected chi connectivity index (χ4v) is 2.74. The fraction of sp³-hybridized carbons (Fsp3) is 0.538. The van der Waals surface area contributed by atoms with Crippen LogP contribution >= 0.6 is 11.3 Å². The summed E-state index contributed by atoms with van der Waals surface area (Å²) in [6, 6.07) is 1.85. The summed E-state index contributed by atoms with van der Waals surface area (Å²) in [5, 5.41) is 0. The van der Waals surface area contributed by atoms with Crippen LogP contribution in [-0.4, -0.2) is 36.0 Å². The quantitative estimate of drug-likeness (QED) is 0.836. The van der Waals surface area contributed by atoms with Crippen molar-refractivity contribution < 1.29 is 14.3 Å². The third-order valence-corrected chi connectivity index (χ3v) is 4.07. The molecule has 0 aromatic carbocycles. The summed E-state index contributed by atoms with van der Waals surface area (Å²) in [7, 11) is 0. The highest BCUT2D eigenvalue weighted by molar-refractivity contribution is 7.14. The molecule has 0 bridgehead atoms. The number of rotatable bonds is 5. The van der Waals surface area contributed by atoms with E-state index in [4.69, 9.17) is 10.5 Å². The molecule has 1 fully saturated rings. The zero-order valence-corrected chi connectivity index (χ0v) is 12.0. The molecule has 1 aromatic heterocycles. The van der Waals surface area contributed by atoms with Crippen LogP contribution in [0.1, 0.15) is 34.3 Å². The van der Waals surface area contributed by atoms with E-state index in [1.165, 1.54) is 11.3 Å². The van der Waals surface area contributed by atoms with Gasteiger partial charge in [0.1, 0.15) is 6.54 Å². The molecule has 0 radical (unpaired) electrons. The fourth-order valence-electron chi connectivity index (χ4n) is 1.84. The van der Waals surface area contributed by atoms with E-state index in [-0.39, 0.29) is 24.5 Å².